The molecule has 0 atom stereocenters. The van der Waals surface area contributed by atoms with Crippen molar-refractivity contribution in [3.63, 3.8) is 0 Å². The molecular weight excluding hydrogens is 290 g/mol. The van der Waals surface area contributed by atoms with Gasteiger partial charge in [0.15, 0.2) is 5.82 Å². The van der Waals surface area contributed by atoms with Crippen molar-refractivity contribution in [3.8, 4) is 6.07 Å². The van der Waals surface area contributed by atoms with Gasteiger partial charge in [-0.15, -0.1) is 0 Å². The van der Waals surface area contributed by atoms with Crippen LogP contribution in [0.2, 0.25) is 0 Å². The van der Waals surface area contributed by atoms with E-state index in [1.54, 1.807) is 23.1 Å². The first-order valence-electron chi connectivity index (χ1n) is 7.66. The third-order valence-corrected chi connectivity index (χ3v) is 3.79. The Morgan fingerprint density at radius 1 is 1.43 bits per heavy atom. The van der Waals surface area contributed by atoms with Gasteiger partial charge < -0.3 is 5.32 Å². The quantitative estimate of drug-likeness (QED) is 0.944. The minimum atomic E-state index is -0.273. The van der Waals surface area contributed by atoms with E-state index in [4.69, 9.17) is 0 Å². The second kappa shape index (κ2) is 5.51. The maximum Gasteiger partial charge on any atom is 0.257 e. The van der Waals surface area contributed by atoms with E-state index in [2.05, 4.69) is 21.5 Å². The number of carbonyl (C=O) groups is 1. The van der Waals surface area contributed by atoms with Crippen molar-refractivity contribution in [2.24, 2.45) is 0 Å². The summed E-state index contributed by atoms with van der Waals surface area (Å²) in [4.78, 5) is 16.7. The Kier molecular flexibility index (Phi) is 3.64. The first-order valence-corrected chi connectivity index (χ1v) is 7.66. The van der Waals surface area contributed by atoms with Gasteiger partial charge in [-0.3, -0.25) is 14.5 Å². The fraction of sp³-hybridized carbons (Fsp3) is 0.412. The Labute approximate surface area is 135 Å². The molecule has 0 saturated heterocycles. The Hall–Kier alpha value is -2.68. The summed E-state index contributed by atoms with van der Waals surface area (Å²) in [5.41, 5.74) is 1.59. The number of hydrogen-bond acceptors (Lipinski definition) is 4. The van der Waals surface area contributed by atoms with Crippen LogP contribution in [0.4, 0.5) is 5.82 Å². The van der Waals surface area contributed by atoms with Crippen LogP contribution < -0.4 is 5.32 Å². The van der Waals surface area contributed by atoms with E-state index in [0.29, 0.717) is 17.0 Å². The van der Waals surface area contributed by atoms with Crippen LogP contribution >= 0.6 is 0 Å². The highest BCUT2D eigenvalue weighted by Gasteiger charge is 2.26. The van der Waals surface area contributed by atoms with Crippen LogP contribution in [-0.2, 0) is 5.54 Å². The summed E-state index contributed by atoms with van der Waals surface area (Å²) < 4.78 is 1.68. The van der Waals surface area contributed by atoms with Crippen molar-refractivity contribution in [2.45, 2.75) is 45.1 Å². The summed E-state index contributed by atoms with van der Waals surface area (Å²) in [6, 6.07) is 5.57. The largest absolute Gasteiger partial charge is 0.304 e. The second-order valence-electron chi connectivity index (χ2n) is 6.82. The number of aromatic nitrogens is 3. The number of nitriles is 1. The lowest BCUT2D eigenvalue weighted by Crippen LogP contribution is -2.22. The maximum atomic E-state index is 12.4. The number of anilines is 1. The Morgan fingerprint density at radius 3 is 2.78 bits per heavy atom. The van der Waals surface area contributed by atoms with Crippen molar-refractivity contribution in [3.05, 3.63) is 41.3 Å². The Balaban J connectivity index is 1.84. The standard InChI is InChI=1S/C17H19N5O/c1-17(2,3)22-10-13(9-18)15(21-22)20-16(23)12-6-7-19-14(8-12)11-4-5-11/h6-8,10-11H,4-5H2,1-3H3,(H,20,21,23). The first kappa shape index (κ1) is 15.2. The molecule has 1 saturated carbocycles. The molecule has 1 aliphatic rings. The van der Waals surface area contributed by atoms with Gasteiger partial charge in [-0.05, 0) is 45.7 Å². The molecule has 23 heavy (non-hydrogen) atoms. The van der Waals surface area contributed by atoms with Gasteiger partial charge in [0.25, 0.3) is 5.91 Å². The lowest BCUT2D eigenvalue weighted by atomic mass is 10.1. The Bertz CT molecular complexity index is 790. The monoisotopic (exact) mass is 309 g/mol. The maximum absolute atomic E-state index is 12.4. The van der Waals surface area contributed by atoms with Crippen molar-refractivity contribution < 1.29 is 4.79 Å². The highest BCUT2D eigenvalue weighted by molar-refractivity contribution is 6.04. The fourth-order valence-corrected chi connectivity index (χ4v) is 2.26. The van der Waals surface area contributed by atoms with E-state index in [0.717, 1.165) is 18.5 Å². The third kappa shape index (κ3) is 3.24. The van der Waals surface area contributed by atoms with Gasteiger partial charge in [0.2, 0.25) is 0 Å². The van der Waals surface area contributed by atoms with Gasteiger partial charge in [0.1, 0.15) is 11.6 Å². The average Bonchev–Trinajstić information content (AvgIpc) is 3.27. The zero-order valence-corrected chi connectivity index (χ0v) is 13.5. The summed E-state index contributed by atoms with van der Waals surface area (Å²) >= 11 is 0. The van der Waals surface area contributed by atoms with Crippen molar-refractivity contribution in [2.75, 3.05) is 5.32 Å². The molecule has 6 heteroatoms. The summed E-state index contributed by atoms with van der Waals surface area (Å²) in [6.07, 6.45) is 5.57. The summed E-state index contributed by atoms with van der Waals surface area (Å²) in [6.45, 7) is 5.95. The number of hydrogen-bond donors (Lipinski definition) is 1. The van der Waals surface area contributed by atoms with Crippen LogP contribution in [0.1, 0.15) is 61.1 Å². The molecule has 3 rings (SSSR count). The van der Waals surface area contributed by atoms with E-state index in [9.17, 15) is 10.1 Å². The normalized spacial score (nSPS) is 14.3. The molecule has 0 aliphatic heterocycles. The van der Waals surface area contributed by atoms with Gasteiger partial charge in [0, 0.05) is 29.6 Å². The summed E-state index contributed by atoms with van der Waals surface area (Å²) in [7, 11) is 0. The molecule has 1 amide bonds. The zero-order chi connectivity index (χ0) is 16.6. The first-order chi connectivity index (χ1) is 10.9. The molecule has 1 fully saturated rings. The lowest BCUT2D eigenvalue weighted by Gasteiger charge is -2.18. The predicted molar refractivity (Wildman–Crippen MR) is 86.1 cm³/mol. The number of carbonyl (C=O) groups excluding carboxylic acids is 1. The number of amides is 1. The van der Waals surface area contributed by atoms with Gasteiger partial charge in [-0.25, -0.2) is 0 Å². The van der Waals surface area contributed by atoms with Crippen LogP contribution in [-0.4, -0.2) is 20.7 Å². The molecule has 1 aliphatic carbocycles. The lowest BCUT2D eigenvalue weighted by molar-refractivity contribution is 0.102. The van der Waals surface area contributed by atoms with Crippen LogP contribution in [0.25, 0.3) is 0 Å². The van der Waals surface area contributed by atoms with Crippen molar-refractivity contribution in [1.82, 2.24) is 14.8 Å². The van der Waals surface area contributed by atoms with E-state index < -0.39 is 0 Å². The van der Waals surface area contributed by atoms with Crippen LogP contribution in [0.5, 0.6) is 0 Å². The molecule has 0 bridgehead atoms. The molecule has 1 N–H and O–H groups in total. The van der Waals surface area contributed by atoms with Gasteiger partial charge in [-0.2, -0.15) is 10.4 Å². The average molecular weight is 309 g/mol. The van der Waals surface area contributed by atoms with E-state index >= 15 is 0 Å². The molecule has 2 aromatic rings. The van der Waals surface area contributed by atoms with Gasteiger partial charge in [0.05, 0.1) is 5.54 Å². The van der Waals surface area contributed by atoms with E-state index in [-0.39, 0.29) is 17.3 Å². The minimum absolute atomic E-state index is 0.260. The SMILES string of the molecule is CC(C)(C)n1cc(C#N)c(NC(=O)c2ccnc(C3CC3)c2)n1. The molecule has 2 aromatic heterocycles. The molecule has 0 radical (unpaired) electrons. The molecule has 2 heterocycles. The molecule has 118 valence electrons. The summed E-state index contributed by atoms with van der Waals surface area (Å²) in [5.74, 6) is 0.500. The smallest absolute Gasteiger partial charge is 0.257 e. The minimum Gasteiger partial charge on any atom is -0.304 e. The topological polar surface area (TPSA) is 83.6 Å². The number of nitrogens with one attached hydrogen (secondary N) is 1. The highest BCUT2D eigenvalue weighted by Crippen LogP contribution is 2.39. The second-order valence-corrected chi connectivity index (χ2v) is 6.82. The van der Waals surface area contributed by atoms with E-state index in [1.165, 1.54) is 0 Å². The fourth-order valence-electron chi connectivity index (χ4n) is 2.26. The number of rotatable bonds is 3. The molecule has 0 aromatic carbocycles. The highest BCUT2D eigenvalue weighted by atomic mass is 16.1. The molecular formula is C17H19N5O. The van der Waals surface area contributed by atoms with Gasteiger partial charge in [-0.1, -0.05) is 0 Å². The molecule has 0 unspecified atom stereocenters. The van der Waals surface area contributed by atoms with Crippen LogP contribution in [0, 0.1) is 11.3 Å². The Morgan fingerprint density at radius 2 is 2.17 bits per heavy atom. The zero-order valence-electron chi connectivity index (χ0n) is 13.5. The van der Waals surface area contributed by atoms with Gasteiger partial charge >= 0.3 is 0 Å². The predicted octanol–water partition coefficient (Wildman–Crippen LogP) is 3.03. The molecule has 6 nitrogen and oxygen atoms in total. The summed E-state index contributed by atoms with van der Waals surface area (Å²) in [5, 5.41) is 16.3. The number of pyridine rings is 1. The van der Waals surface area contributed by atoms with E-state index in [1.807, 2.05) is 26.8 Å². The molecule has 0 spiro atoms. The van der Waals surface area contributed by atoms with Crippen molar-refractivity contribution >= 4 is 11.7 Å². The van der Waals surface area contributed by atoms with Crippen LogP contribution in [0.3, 0.4) is 0 Å². The third-order valence-electron chi connectivity index (χ3n) is 3.79. The van der Waals surface area contributed by atoms with Crippen LogP contribution in [0.15, 0.2) is 24.5 Å². The number of nitrogens with zero attached hydrogens (tertiary/aromatic N) is 4. The van der Waals surface area contributed by atoms with Crippen molar-refractivity contribution in [1.29, 1.82) is 5.26 Å².